The molecule has 0 spiro atoms. The van der Waals surface area contributed by atoms with Crippen molar-refractivity contribution in [2.45, 2.75) is 6.92 Å². The van der Waals surface area contributed by atoms with E-state index in [1.54, 1.807) is 13.0 Å². The zero-order valence-corrected chi connectivity index (χ0v) is 7.73. The number of rotatable bonds is 2. The van der Waals surface area contributed by atoms with Gasteiger partial charge in [-0.2, -0.15) is 5.26 Å². The van der Waals surface area contributed by atoms with Crippen molar-refractivity contribution in [2.75, 3.05) is 6.61 Å². The number of benzene rings is 1. The highest BCUT2D eigenvalue weighted by Crippen LogP contribution is 2.28. The first-order valence-corrected chi connectivity index (χ1v) is 4.08. The van der Waals surface area contributed by atoms with Gasteiger partial charge in [0.1, 0.15) is 0 Å². The van der Waals surface area contributed by atoms with Crippen LogP contribution < -0.4 is 4.74 Å². The predicted octanol–water partition coefficient (Wildman–Crippen LogP) is 2.75. The number of ether oxygens (including phenoxy) is 1. The summed E-state index contributed by atoms with van der Waals surface area (Å²) in [4.78, 5) is 0. The molecule has 0 saturated heterocycles. The van der Waals surface area contributed by atoms with Gasteiger partial charge in [-0.1, -0.05) is 11.6 Å². The van der Waals surface area contributed by atoms with Gasteiger partial charge in [0, 0.05) is 0 Å². The fraction of sp³-hybridized carbons (Fsp3) is 0.222. The van der Waals surface area contributed by atoms with Crippen LogP contribution in [0.2, 0.25) is 5.02 Å². The summed E-state index contributed by atoms with van der Waals surface area (Å²) in [5.41, 5.74) is 0.186. The normalized spacial score (nSPS) is 9.38. The lowest BCUT2D eigenvalue weighted by molar-refractivity contribution is 0.322. The Labute approximate surface area is 80.5 Å². The third-order valence-corrected chi connectivity index (χ3v) is 1.70. The summed E-state index contributed by atoms with van der Waals surface area (Å²) in [6.07, 6.45) is 0. The number of hydrogen-bond acceptors (Lipinski definition) is 2. The minimum atomic E-state index is -0.606. The van der Waals surface area contributed by atoms with E-state index in [4.69, 9.17) is 21.6 Å². The highest BCUT2D eigenvalue weighted by atomic mass is 35.5. The Morgan fingerprint density at radius 3 is 2.77 bits per heavy atom. The summed E-state index contributed by atoms with van der Waals surface area (Å²) >= 11 is 5.68. The summed E-state index contributed by atoms with van der Waals surface area (Å²) < 4.78 is 18.1. The van der Waals surface area contributed by atoms with Crippen LogP contribution in [0.1, 0.15) is 12.5 Å². The first-order chi connectivity index (χ1) is 6.19. The molecule has 1 aromatic carbocycles. The zero-order valence-electron chi connectivity index (χ0n) is 6.97. The third kappa shape index (κ3) is 2.10. The summed E-state index contributed by atoms with van der Waals surface area (Å²) in [5, 5.41) is 8.61. The van der Waals surface area contributed by atoms with E-state index in [0.29, 0.717) is 6.61 Å². The van der Waals surface area contributed by atoms with Crippen molar-refractivity contribution >= 4 is 11.6 Å². The quantitative estimate of drug-likeness (QED) is 0.734. The van der Waals surface area contributed by atoms with Gasteiger partial charge in [0.15, 0.2) is 11.6 Å². The minimum absolute atomic E-state index is 0.00293. The van der Waals surface area contributed by atoms with Gasteiger partial charge in [0.25, 0.3) is 0 Å². The van der Waals surface area contributed by atoms with Gasteiger partial charge in [-0.25, -0.2) is 4.39 Å². The van der Waals surface area contributed by atoms with Crippen molar-refractivity contribution in [3.63, 3.8) is 0 Å². The molecule has 0 aromatic heterocycles. The molecule has 0 amide bonds. The molecule has 0 radical (unpaired) electrons. The molecule has 0 heterocycles. The first kappa shape index (κ1) is 9.82. The van der Waals surface area contributed by atoms with Crippen LogP contribution in [0.15, 0.2) is 12.1 Å². The summed E-state index contributed by atoms with van der Waals surface area (Å²) in [6, 6.07) is 4.26. The molecular formula is C9H7ClFNO. The smallest absolute Gasteiger partial charge is 0.173 e. The van der Waals surface area contributed by atoms with Crippen LogP contribution in [0.25, 0.3) is 0 Å². The van der Waals surface area contributed by atoms with Crippen molar-refractivity contribution in [3.05, 3.63) is 28.5 Å². The standard InChI is InChI=1S/C9H7ClFNO/c1-2-13-9-7(10)3-6(5-12)4-8(9)11/h3-4H,2H2,1H3. The molecule has 1 aromatic rings. The third-order valence-electron chi connectivity index (χ3n) is 1.42. The van der Waals surface area contributed by atoms with Crippen molar-refractivity contribution in [2.24, 2.45) is 0 Å². The zero-order chi connectivity index (χ0) is 9.84. The van der Waals surface area contributed by atoms with Crippen LogP contribution in [0.5, 0.6) is 5.75 Å². The molecule has 0 aliphatic heterocycles. The number of nitriles is 1. The van der Waals surface area contributed by atoms with E-state index in [1.165, 1.54) is 6.07 Å². The molecule has 13 heavy (non-hydrogen) atoms. The highest BCUT2D eigenvalue weighted by Gasteiger charge is 2.09. The molecule has 0 atom stereocenters. The van der Waals surface area contributed by atoms with E-state index < -0.39 is 5.82 Å². The average molecular weight is 200 g/mol. The first-order valence-electron chi connectivity index (χ1n) is 3.71. The van der Waals surface area contributed by atoms with Crippen LogP contribution in [-0.2, 0) is 0 Å². The molecule has 68 valence electrons. The molecule has 0 N–H and O–H groups in total. The molecule has 1 rings (SSSR count). The molecule has 2 nitrogen and oxygen atoms in total. The second-order valence-electron chi connectivity index (χ2n) is 2.31. The Kier molecular flexibility index (Phi) is 3.10. The number of hydrogen-bond donors (Lipinski definition) is 0. The summed E-state index contributed by atoms with van der Waals surface area (Å²) in [5.74, 6) is -0.603. The van der Waals surface area contributed by atoms with Gasteiger partial charge in [-0.3, -0.25) is 0 Å². The van der Waals surface area contributed by atoms with Gasteiger partial charge in [-0.05, 0) is 19.1 Å². The monoisotopic (exact) mass is 199 g/mol. The Morgan fingerprint density at radius 1 is 1.62 bits per heavy atom. The fourth-order valence-electron chi connectivity index (χ4n) is 0.907. The maximum Gasteiger partial charge on any atom is 0.173 e. The van der Waals surface area contributed by atoms with Crippen LogP contribution in [0, 0.1) is 17.1 Å². The lowest BCUT2D eigenvalue weighted by atomic mass is 10.2. The second-order valence-corrected chi connectivity index (χ2v) is 2.72. The molecular weight excluding hydrogens is 193 g/mol. The molecule has 4 heteroatoms. The molecule has 0 aliphatic carbocycles. The molecule has 0 saturated carbocycles. The van der Waals surface area contributed by atoms with Crippen LogP contribution >= 0.6 is 11.6 Å². The van der Waals surface area contributed by atoms with Crippen molar-refractivity contribution in [3.8, 4) is 11.8 Å². The van der Waals surface area contributed by atoms with Gasteiger partial charge in [-0.15, -0.1) is 0 Å². The predicted molar refractivity (Wildman–Crippen MR) is 47.3 cm³/mol. The van der Waals surface area contributed by atoms with Gasteiger partial charge >= 0.3 is 0 Å². The second kappa shape index (κ2) is 4.11. The van der Waals surface area contributed by atoms with Gasteiger partial charge < -0.3 is 4.74 Å². The molecule has 0 unspecified atom stereocenters. The van der Waals surface area contributed by atoms with Crippen molar-refractivity contribution < 1.29 is 9.13 Å². The van der Waals surface area contributed by atoms with Crippen LogP contribution in [-0.4, -0.2) is 6.61 Å². The summed E-state index contributed by atoms with van der Waals surface area (Å²) in [6.45, 7) is 2.07. The largest absolute Gasteiger partial charge is 0.489 e. The Morgan fingerprint density at radius 2 is 2.31 bits per heavy atom. The van der Waals surface area contributed by atoms with Crippen LogP contribution in [0.3, 0.4) is 0 Å². The highest BCUT2D eigenvalue weighted by molar-refractivity contribution is 6.32. The van der Waals surface area contributed by atoms with Crippen molar-refractivity contribution in [1.29, 1.82) is 5.26 Å². The number of halogens is 2. The Hall–Kier alpha value is -1.27. The Balaban J connectivity index is 3.17. The SMILES string of the molecule is CCOc1c(F)cc(C#N)cc1Cl. The van der Waals surface area contributed by atoms with E-state index in [9.17, 15) is 4.39 Å². The maximum absolute atomic E-state index is 13.1. The lowest BCUT2D eigenvalue weighted by Crippen LogP contribution is -1.96. The van der Waals surface area contributed by atoms with E-state index >= 15 is 0 Å². The van der Waals surface area contributed by atoms with Crippen molar-refractivity contribution in [1.82, 2.24) is 0 Å². The van der Waals surface area contributed by atoms with Gasteiger partial charge in [0.05, 0.1) is 23.3 Å². The number of nitrogens with zero attached hydrogens (tertiary/aromatic N) is 1. The maximum atomic E-state index is 13.1. The van der Waals surface area contributed by atoms with Gasteiger partial charge in [0.2, 0.25) is 0 Å². The van der Waals surface area contributed by atoms with E-state index in [0.717, 1.165) is 6.07 Å². The fourth-order valence-corrected chi connectivity index (χ4v) is 1.17. The Bertz CT molecular complexity index is 336. The summed E-state index contributed by atoms with van der Waals surface area (Å²) in [7, 11) is 0. The van der Waals surface area contributed by atoms with E-state index in [2.05, 4.69) is 0 Å². The van der Waals surface area contributed by atoms with Crippen LogP contribution in [0.4, 0.5) is 4.39 Å². The minimum Gasteiger partial charge on any atom is -0.489 e. The van der Waals surface area contributed by atoms with E-state index in [1.807, 2.05) is 0 Å². The topological polar surface area (TPSA) is 33.0 Å². The lowest BCUT2D eigenvalue weighted by Gasteiger charge is -2.06. The molecule has 0 bridgehead atoms. The average Bonchev–Trinajstić information content (AvgIpc) is 2.11. The molecule has 0 fully saturated rings. The van der Waals surface area contributed by atoms with E-state index in [-0.39, 0.29) is 16.3 Å². The molecule has 0 aliphatic rings.